The largest absolute Gasteiger partial charge is 0.466 e. The molecule has 20 heavy (non-hydrogen) atoms. The fraction of sp³-hybridized carbons (Fsp3) is 0.643. The monoisotopic (exact) mass is 298 g/mol. The molecule has 6 heteroatoms. The van der Waals surface area contributed by atoms with Gasteiger partial charge in [-0.2, -0.15) is 0 Å². The molecule has 0 aromatic heterocycles. The Labute approximate surface area is 124 Å². The van der Waals surface area contributed by atoms with Crippen molar-refractivity contribution >= 4 is 28.8 Å². The second-order valence-electron chi connectivity index (χ2n) is 4.46. The number of carbonyl (C=O) groups excluding carboxylic acids is 2. The molecule has 1 heterocycles. The van der Waals surface area contributed by atoms with Crippen molar-refractivity contribution in [1.82, 2.24) is 4.90 Å². The summed E-state index contributed by atoms with van der Waals surface area (Å²) in [6, 6.07) is 0. The van der Waals surface area contributed by atoms with E-state index in [9.17, 15) is 9.59 Å². The first kappa shape index (κ1) is 16.8. The highest BCUT2D eigenvalue weighted by atomic mass is 32.2. The zero-order chi connectivity index (χ0) is 15.0. The Morgan fingerprint density at radius 3 is 2.65 bits per heavy atom. The van der Waals surface area contributed by atoms with Gasteiger partial charge in [-0.15, -0.1) is 0 Å². The van der Waals surface area contributed by atoms with Gasteiger partial charge < -0.3 is 4.74 Å². The van der Waals surface area contributed by atoms with Crippen LogP contribution < -0.4 is 0 Å². The summed E-state index contributed by atoms with van der Waals surface area (Å²) < 4.78 is 4.57. The quantitative estimate of drug-likeness (QED) is 0.412. The summed E-state index contributed by atoms with van der Waals surface area (Å²) >= 11 is 1.26. The topological polar surface area (TPSA) is 59.0 Å². The Bertz CT molecular complexity index is 419. The molecular formula is C14H22N2O3S. The van der Waals surface area contributed by atoms with Gasteiger partial charge in [-0.1, -0.05) is 26.7 Å². The highest BCUT2D eigenvalue weighted by Gasteiger charge is 2.33. The van der Waals surface area contributed by atoms with Crippen LogP contribution >= 0.6 is 11.8 Å². The number of hydrogen-bond acceptors (Lipinski definition) is 5. The van der Waals surface area contributed by atoms with E-state index >= 15 is 0 Å². The highest BCUT2D eigenvalue weighted by molar-refractivity contribution is 8.18. The number of carbonyl (C=O) groups is 2. The van der Waals surface area contributed by atoms with E-state index in [1.54, 1.807) is 4.90 Å². The fourth-order valence-electron chi connectivity index (χ4n) is 1.64. The third kappa shape index (κ3) is 4.67. The smallest absolute Gasteiger partial charge is 0.331 e. The summed E-state index contributed by atoms with van der Waals surface area (Å²) in [5.74, 6) is -0.657. The molecule has 1 saturated heterocycles. The minimum atomic E-state index is -0.508. The Hall–Kier alpha value is -1.30. The van der Waals surface area contributed by atoms with Crippen molar-refractivity contribution in [3.05, 3.63) is 11.0 Å². The summed E-state index contributed by atoms with van der Waals surface area (Å²) in [4.78, 5) is 30.1. The van der Waals surface area contributed by atoms with Gasteiger partial charge in [0.25, 0.3) is 5.91 Å². The maximum Gasteiger partial charge on any atom is 0.331 e. The molecule has 1 aliphatic rings. The van der Waals surface area contributed by atoms with Crippen LogP contribution in [-0.2, 0) is 14.3 Å². The summed E-state index contributed by atoms with van der Waals surface area (Å²) in [6.07, 6.45) is 5.23. The number of rotatable bonds is 7. The predicted octanol–water partition coefficient (Wildman–Crippen LogP) is 2.57. The molecular weight excluding hydrogens is 276 g/mol. The number of methoxy groups -OCH3 is 1. The summed E-state index contributed by atoms with van der Waals surface area (Å²) in [5.41, 5.74) is 0. The van der Waals surface area contributed by atoms with Gasteiger partial charge >= 0.3 is 5.97 Å². The van der Waals surface area contributed by atoms with Gasteiger partial charge in [0.15, 0.2) is 5.17 Å². The fourth-order valence-corrected chi connectivity index (χ4v) is 2.63. The van der Waals surface area contributed by atoms with Gasteiger partial charge in [-0.25, -0.2) is 4.79 Å². The molecule has 0 aromatic carbocycles. The van der Waals surface area contributed by atoms with E-state index in [0.717, 1.165) is 25.7 Å². The number of nitrogens with zero attached hydrogens (tertiary/aromatic N) is 2. The molecule has 0 radical (unpaired) electrons. The van der Waals surface area contributed by atoms with E-state index in [4.69, 9.17) is 0 Å². The number of amides is 1. The molecule has 1 rings (SSSR count). The summed E-state index contributed by atoms with van der Waals surface area (Å²) in [7, 11) is 1.30. The van der Waals surface area contributed by atoms with Gasteiger partial charge in [0, 0.05) is 19.2 Å². The van der Waals surface area contributed by atoms with Gasteiger partial charge in [-0.3, -0.25) is 14.7 Å². The number of hydrogen-bond donors (Lipinski definition) is 0. The number of ether oxygens (including phenoxy) is 1. The Morgan fingerprint density at radius 2 is 2.05 bits per heavy atom. The minimum absolute atomic E-state index is 0.149. The van der Waals surface area contributed by atoms with Crippen molar-refractivity contribution in [2.75, 3.05) is 20.2 Å². The molecule has 0 spiro atoms. The van der Waals surface area contributed by atoms with E-state index in [0.29, 0.717) is 23.2 Å². The standard InChI is InChI=1S/C14H22N2O3S/c1-4-6-8-15-14-16(9-7-5-2)13(18)11(20-14)10-12(17)19-3/h10H,4-9H2,1-3H3/b11-10+,15-14?. The molecule has 0 atom stereocenters. The molecule has 0 bridgehead atoms. The van der Waals surface area contributed by atoms with Crippen LogP contribution in [0.3, 0.4) is 0 Å². The van der Waals surface area contributed by atoms with Crippen LogP contribution in [0.15, 0.2) is 16.0 Å². The first-order valence-electron chi connectivity index (χ1n) is 6.97. The van der Waals surface area contributed by atoms with Crippen LogP contribution in [0.2, 0.25) is 0 Å². The van der Waals surface area contributed by atoms with Crippen LogP contribution in [-0.4, -0.2) is 42.1 Å². The van der Waals surface area contributed by atoms with Crippen molar-refractivity contribution in [1.29, 1.82) is 0 Å². The van der Waals surface area contributed by atoms with Gasteiger partial charge in [0.1, 0.15) is 0 Å². The first-order chi connectivity index (χ1) is 9.63. The third-order valence-electron chi connectivity index (χ3n) is 2.83. The van der Waals surface area contributed by atoms with E-state index in [-0.39, 0.29) is 5.91 Å². The van der Waals surface area contributed by atoms with Crippen LogP contribution in [0, 0.1) is 0 Å². The maximum absolute atomic E-state index is 12.3. The predicted molar refractivity (Wildman–Crippen MR) is 81.5 cm³/mol. The van der Waals surface area contributed by atoms with E-state index in [1.807, 2.05) is 0 Å². The van der Waals surface area contributed by atoms with Crippen LogP contribution in [0.1, 0.15) is 39.5 Å². The summed E-state index contributed by atoms with van der Waals surface area (Å²) in [6.45, 7) is 5.53. The lowest BCUT2D eigenvalue weighted by Crippen LogP contribution is -2.30. The molecule has 5 nitrogen and oxygen atoms in total. The normalized spacial score (nSPS) is 19.1. The number of esters is 1. The number of amidine groups is 1. The SMILES string of the molecule is CCCCN=C1S/C(=C/C(=O)OC)C(=O)N1CCCC. The average molecular weight is 298 g/mol. The second-order valence-corrected chi connectivity index (χ2v) is 5.47. The zero-order valence-corrected chi connectivity index (χ0v) is 13.2. The molecule has 0 unspecified atom stereocenters. The zero-order valence-electron chi connectivity index (χ0n) is 12.3. The third-order valence-corrected chi connectivity index (χ3v) is 3.88. The van der Waals surface area contributed by atoms with Crippen LogP contribution in [0.4, 0.5) is 0 Å². The molecule has 0 saturated carbocycles. The Balaban J connectivity index is 2.85. The van der Waals surface area contributed by atoms with Gasteiger partial charge in [-0.05, 0) is 24.6 Å². The van der Waals surface area contributed by atoms with Crippen molar-refractivity contribution in [3.63, 3.8) is 0 Å². The van der Waals surface area contributed by atoms with E-state index < -0.39 is 5.97 Å². The lowest BCUT2D eigenvalue weighted by Gasteiger charge is -2.14. The lowest BCUT2D eigenvalue weighted by molar-refractivity contribution is -0.135. The van der Waals surface area contributed by atoms with Crippen molar-refractivity contribution in [3.8, 4) is 0 Å². The molecule has 112 valence electrons. The van der Waals surface area contributed by atoms with Crippen molar-refractivity contribution < 1.29 is 14.3 Å². The average Bonchev–Trinajstić information content (AvgIpc) is 2.73. The van der Waals surface area contributed by atoms with Gasteiger partial charge in [0.05, 0.1) is 12.0 Å². The maximum atomic E-state index is 12.3. The number of thioether (sulfide) groups is 1. The minimum Gasteiger partial charge on any atom is -0.466 e. The van der Waals surface area contributed by atoms with Crippen molar-refractivity contribution in [2.24, 2.45) is 4.99 Å². The van der Waals surface area contributed by atoms with E-state index in [1.165, 1.54) is 24.9 Å². The molecule has 1 fully saturated rings. The summed E-state index contributed by atoms with van der Waals surface area (Å²) in [5, 5.41) is 0.701. The van der Waals surface area contributed by atoms with E-state index in [2.05, 4.69) is 23.6 Å². The number of unbranched alkanes of at least 4 members (excludes halogenated alkanes) is 2. The molecule has 0 aliphatic carbocycles. The molecule has 0 N–H and O–H groups in total. The van der Waals surface area contributed by atoms with Crippen LogP contribution in [0.25, 0.3) is 0 Å². The van der Waals surface area contributed by atoms with Crippen molar-refractivity contribution in [2.45, 2.75) is 39.5 Å². The number of aliphatic imine (C=N–C) groups is 1. The second kappa shape index (κ2) is 8.79. The lowest BCUT2D eigenvalue weighted by atomic mass is 10.3. The van der Waals surface area contributed by atoms with Crippen LogP contribution in [0.5, 0.6) is 0 Å². The van der Waals surface area contributed by atoms with Gasteiger partial charge in [0.2, 0.25) is 0 Å². The first-order valence-corrected chi connectivity index (χ1v) is 7.79. The highest BCUT2D eigenvalue weighted by Crippen LogP contribution is 2.31. The Kier molecular flexibility index (Phi) is 7.36. The Morgan fingerprint density at radius 1 is 1.35 bits per heavy atom. The molecule has 1 amide bonds. The molecule has 0 aromatic rings. The molecule has 1 aliphatic heterocycles.